The molecule has 0 spiro atoms. The third-order valence-corrected chi connectivity index (χ3v) is 3.11. The van der Waals surface area contributed by atoms with Crippen molar-refractivity contribution in [2.24, 2.45) is 5.92 Å². The zero-order valence-electron chi connectivity index (χ0n) is 10.6. The van der Waals surface area contributed by atoms with E-state index in [2.05, 4.69) is 25.4 Å². The van der Waals surface area contributed by atoms with Crippen LogP contribution in [0.2, 0.25) is 0 Å². The number of anilines is 1. The van der Waals surface area contributed by atoms with E-state index in [1.165, 1.54) is 0 Å². The smallest absolute Gasteiger partial charge is 0.256 e. The van der Waals surface area contributed by atoms with Crippen LogP contribution in [0.3, 0.4) is 0 Å². The zero-order chi connectivity index (χ0) is 13.1. The Morgan fingerprint density at radius 1 is 1.42 bits per heavy atom. The summed E-state index contributed by atoms with van der Waals surface area (Å²) in [6.07, 6.45) is 5.83. The highest BCUT2D eigenvalue weighted by Gasteiger charge is 2.33. The first-order valence-corrected chi connectivity index (χ1v) is 6.24. The Labute approximate surface area is 110 Å². The van der Waals surface area contributed by atoms with E-state index in [0.717, 1.165) is 18.8 Å². The highest BCUT2D eigenvalue weighted by atomic mass is 16.5. The van der Waals surface area contributed by atoms with Crippen LogP contribution in [-0.2, 0) is 4.74 Å². The van der Waals surface area contributed by atoms with Crippen molar-refractivity contribution in [1.82, 2.24) is 20.1 Å². The number of rotatable bonds is 4. The van der Waals surface area contributed by atoms with Crippen LogP contribution in [-0.4, -0.2) is 33.3 Å². The van der Waals surface area contributed by atoms with Crippen LogP contribution in [0, 0.1) is 12.8 Å². The maximum absolute atomic E-state index is 5.68. The number of nitrogens with one attached hydrogen (secondary N) is 1. The van der Waals surface area contributed by atoms with Crippen molar-refractivity contribution < 1.29 is 9.26 Å². The molecule has 100 valence electrons. The van der Waals surface area contributed by atoms with Gasteiger partial charge in [-0.25, -0.2) is 4.98 Å². The fourth-order valence-corrected chi connectivity index (χ4v) is 2.17. The predicted molar refractivity (Wildman–Crippen MR) is 66.4 cm³/mol. The van der Waals surface area contributed by atoms with Crippen LogP contribution in [0.25, 0.3) is 0 Å². The SMILES string of the molecule is Cc1noc([C@H]2OCC[C@H]2CNc2cnccn2)n1. The Hall–Kier alpha value is -2.02. The molecule has 2 atom stereocenters. The molecular formula is C12H15N5O2. The molecule has 1 aliphatic heterocycles. The van der Waals surface area contributed by atoms with Crippen molar-refractivity contribution in [3.05, 3.63) is 30.3 Å². The van der Waals surface area contributed by atoms with Gasteiger partial charge in [0.05, 0.1) is 6.20 Å². The van der Waals surface area contributed by atoms with Gasteiger partial charge in [0, 0.05) is 31.5 Å². The summed E-state index contributed by atoms with van der Waals surface area (Å²) in [4.78, 5) is 12.4. The molecule has 2 aromatic rings. The van der Waals surface area contributed by atoms with Crippen LogP contribution < -0.4 is 5.32 Å². The second-order valence-electron chi connectivity index (χ2n) is 4.49. The topological polar surface area (TPSA) is 86.0 Å². The molecular weight excluding hydrogens is 246 g/mol. The molecule has 0 unspecified atom stereocenters. The third-order valence-electron chi connectivity index (χ3n) is 3.11. The highest BCUT2D eigenvalue weighted by molar-refractivity contribution is 5.29. The average Bonchev–Trinajstić information content (AvgIpc) is 3.06. The van der Waals surface area contributed by atoms with Gasteiger partial charge in [0.1, 0.15) is 11.9 Å². The lowest BCUT2D eigenvalue weighted by molar-refractivity contribution is 0.0650. The van der Waals surface area contributed by atoms with Gasteiger partial charge < -0.3 is 14.6 Å². The van der Waals surface area contributed by atoms with Gasteiger partial charge in [0.2, 0.25) is 0 Å². The molecule has 1 N–H and O–H groups in total. The van der Waals surface area contributed by atoms with Crippen LogP contribution >= 0.6 is 0 Å². The van der Waals surface area contributed by atoms with Crippen molar-refractivity contribution in [3.63, 3.8) is 0 Å². The van der Waals surface area contributed by atoms with E-state index >= 15 is 0 Å². The van der Waals surface area contributed by atoms with Crippen LogP contribution in [0.1, 0.15) is 24.2 Å². The Bertz CT molecular complexity index is 530. The number of nitrogens with zero attached hydrogens (tertiary/aromatic N) is 4. The van der Waals surface area contributed by atoms with Gasteiger partial charge >= 0.3 is 0 Å². The molecule has 0 radical (unpaired) electrons. The quantitative estimate of drug-likeness (QED) is 0.889. The minimum absolute atomic E-state index is 0.134. The summed E-state index contributed by atoms with van der Waals surface area (Å²) in [6, 6.07) is 0. The highest BCUT2D eigenvalue weighted by Crippen LogP contribution is 2.33. The van der Waals surface area contributed by atoms with Crippen LogP contribution in [0.5, 0.6) is 0 Å². The molecule has 0 bridgehead atoms. The fraction of sp³-hybridized carbons (Fsp3) is 0.500. The van der Waals surface area contributed by atoms with Gasteiger partial charge in [-0.1, -0.05) is 5.16 Å². The molecule has 3 rings (SSSR count). The number of aryl methyl sites for hydroxylation is 1. The lowest BCUT2D eigenvalue weighted by Crippen LogP contribution is -2.18. The molecule has 3 heterocycles. The van der Waals surface area contributed by atoms with Gasteiger partial charge in [-0.05, 0) is 13.3 Å². The summed E-state index contributed by atoms with van der Waals surface area (Å²) in [7, 11) is 0. The molecule has 7 nitrogen and oxygen atoms in total. The summed E-state index contributed by atoms with van der Waals surface area (Å²) >= 11 is 0. The largest absolute Gasteiger partial charge is 0.368 e. The molecule has 7 heteroatoms. The standard InChI is InChI=1S/C12H15N5O2/c1-8-16-12(19-17-8)11-9(2-5-18-11)6-15-10-7-13-3-4-14-10/h3-4,7,9,11H,2,5-6H2,1H3,(H,14,15)/t9-,11-/m0/s1. The second-order valence-corrected chi connectivity index (χ2v) is 4.49. The lowest BCUT2D eigenvalue weighted by Gasteiger charge is -2.15. The maximum Gasteiger partial charge on any atom is 0.256 e. The van der Waals surface area contributed by atoms with Gasteiger partial charge in [0.25, 0.3) is 5.89 Å². The van der Waals surface area contributed by atoms with Crippen LogP contribution in [0.15, 0.2) is 23.1 Å². The molecule has 0 aromatic carbocycles. The van der Waals surface area contributed by atoms with Crippen molar-refractivity contribution in [2.75, 3.05) is 18.5 Å². The monoisotopic (exact) mass is 261 g/mol. The van der Waals surface area contributed by atoms with E-state index in [0.29, 0.717) is 24.2 Å². The maximum atomic E-state index is 5.68. The van der Waals surface area contributed by atoms with Crippen LogP contribution in [0.4, 0.5) is 5.82 Å². The normalized spacial score (nSPS) is 22.6. The molecule has 19 heavy (non-hydrogen) atoms. The Morgan fingerprint density at radius 2 is 2.37 bits per heavy atom. The molecule has 0 amide bonds. The first-order valence-electron chi connectivity index (χ1n) is 6.24. The number of hydrogen-bond donors (Lipinski definition) is 1. The summed E-state index contributed by atoms with van der Waals surface area (Å²) in [6.45, 7) is 3.25. The number of hydrogen-bond acceptors (Lipinski definition) is 7. The minimum Gasteiger partial charge on any atom is -0.368 e. The third kappa shape index (κ3) is 2.70. The summed E-state index contributed by atoms with van der Waals surface area (Å²) in [5, 5.41) is 7.05. The minimum atomic E-state index is -0.134. The molecule has 1 fully saturated rings. The van der Waals surface area contributed by atoms with Crippen molar-refractivity contribution >= 4 is 5.82 Å². The Morgan fingerprint density at radius 3 is 3.11 bits per heavy atom. The molecule has 2 aromatic heterocycles. The lowest BCUT2D eigenvalue weighted by atomic mass is 10.0. The van der Waals surface area contributed by atoms with Gasteiger partial charge in [0.15, 0.2) is 5.82 Å². The van der Waals surface area contributed by atoms with Gasteiger partial charge in [-0.3, -0.25) is 4.98 Å². The van der Waals surface area contributed by atoms with E-state index < -0.39 is 0 Å². The number of aromatic nitrogens is 4. The number of ether oxygens (including phenoxy) is 1. The van der Waals surface area contributed by atoms with Gasteiger partial charge in [-0.2, -0.15) is 4.98 Å². The molecule has 1 aliphatic rings. The van der Waals surface area contributed by atoms with Crippen molar-refractivity contribution in [2.45, 2.75) is 19.4 Å². The molecule has 1 saturated heterocycles. The fourth-order valence-electron chi connectivity index (χ4n) is 2.17. The summed E-state index contributed by atoms with van der Waals surface area (Å²) in [5.41, 5.74) is 0. The Balaban J connectivity index is 1.64. The summed E-state index contributed by atoms with van der Waals surface area (Å²) < 4.78 is 10.9. The molecule has 0 aliphatic carbocycles. The van der Waals surface area contributed by atoms with Gasteiger partial charge in [-0.15, -0.1) is 0 Å². The van der Waals surface area contributed by atoms with E-state index in [-0.39, 0.29) is 6.10 Å². The first kappa shape index (κ1) is 12.0. The average molecular weight is 261 g/mol. The predicted octanol–water partition coefficient (Wildman–Crippen LogP) is 1.36. The zero-order valence-corrected chi connectivity index (χ0v) is 10.6. The van der Waals surface area contributed by atoms with E-state index in [9.17, 15) is 0 Å². The molecule has 0 saturated carbocycles. The van der Waals surface area contributed by atoms with E-state index in [4.69, 9.17) is 9.26 Å². The van der Waals surface area contributed by atoms with Crippen molar-refractivity contribution in [3.8, 4) is 0 Å². The Kier molecular flexibility index (Phi) is 3.37. The van der Waals surface area contributed by atoms with E-state index in [1.807, 2.05) is 0 Å². The first-order chi connectivity index (χ1) is 9.33. The second kappa shape index (κ2) is 5.31. The summed E-state index contributed by atoms with van der Waals surface area (Å²) in [5.74, 6) is 2.24. The van der Waals surface area contributed by atoms with Crippen molar-refractivity contribution in [1.29, 1.82) is 0 Å². The van der Waals surface area contributed by atoms with E-state index in [1.54, 1.807) is 25.5 Å².